The van der Waals surface area contributed by atoms with Gasteiger partial charge in [-0.05, 0) is 74.3 Å². The number of carbonyl (C=O) groups excluding carboxylic acids is 1. The predicted octanol–water partition coefficient (Wildman–Crippen LogP) is 8.33. The quantitative estimate of drug-likeness (QED) is 0.399. The number of alkyl halides is 3. The number of ketones is 1. The molecule has 0 heterocycles. The maximum Gasteiger partial charge on any atom is 0.416 e. The molecule has 6 heteroatoms. The van der Waals surface area contributed by atoms with Gasteiger partial charge in [-0.2, -0.15) is 13.2 Å². The van der Waals surface area contributed by atoms with Gasteiger partial charge in [0.15, 0.2) is 5.78 Å². The van der Waals surface area contributed by atoms with E-state index in [9.17, 15) is 18.0 Å². The maximum atomic E-state index is 12.9. The lowest BCUT2D eigenvalue weighted by Crippen LogP contribution is -2.18. The van der Waals surface area contributed by atoms with Crippen molar-refractivity contribution in [2.45, 2.75) is 58.0 Å². The number of rotatable bonds is 6. The summed E-state index contributed by atoms with van der Waals surface area (Å²) in [6, 6.07) is 9.02. The fourth-order valence-corrected chi connectivity index (χ4v) is 4.70. The Kier molecular flexibility index (Phi) is 7.52. The molecule has 1 aliphatic carbocycles. The summed E-state index contributed by atoms with van der Waals surface area (Å²) in [7, 11) is 0. The summed E-state index contributed by atoms with van der Waals surface area (Å²) < 4.78 is 38.8. The van der Waals surface area contributed by atoms with Crippen LogP contribution in [0.4, 0.5) is 13.2 Å². The van der Waals surface area contributed by atoms with Gasteiger partial charge in [0.1, 0.15) is 0 Å². The summed E-state index contributed by atoms with van der Waals surface area (Å²) in [4.78, 5) is 12.6. The third kappa shape index (κ3) is 6.01. The molecule has 162 valence electrons. The number of halogens is 5. The van der Waals surface area contributed by atoms with Crippen LogP contribution in [0.5, 0.6) is 0 Å². The van der Waals surface area contributed by atoms with Crippen LogP contribution >= 0.6 is 23.2 Å². The molecule has 2 aromatic carbocycles. The molecule has 0 aromatic heterocycles. The van der Waals surface area contributed by atoms with Crippen LogP contribution in [0, 0.1) is 18.8 Å². The van der Waals surface area contributed by atoms with Crippen LogP contribution in [0.1, 0.15) is 65.6 Å². The zero-order valence-corrected chi connectivity index (χ0v) is 18.4. The molecule has 0 aliphatic heterocycles. The lowest BCUT2D eigenvalue weighted by atomic mass is 9.77. The van der Waals surface area contributed by atoms with Gasteiger partial charge in [-0.25, -0.2) is 0 Å². The molecule has 0 bridgehead atoms. The van der Waals surface area contributed by atoms with E-state index in [1.165, 1.54) is 11.1 Å². The minimum absolute atomic E-state index is 0.0253. The molecule has 1 nitrogen and oxygen atoms in total. The van der Waals surface area contributed by atoms with Crippen molar-refractivity contribution in [1.29, 1.82) is 0 Å². The van der Waals surface area contributed by atoms with Crippen molar-refractivity contribution in [3.05, 3.63) is 68.7 Å². The first kappa shape index (κ1) is 23.1. The first-order valence-corrected chi connectivity index (χ1v) is 11.0. The summed E-state index contributed by atoms with van der Waals surface area (Å²) in [5.74, 6) is 0.480. The van der Waals surface area contributed by atoms with E-state index in [1.807, 2.05) is 12.1 Å². The first-order valence-electron chi connectivity index (χ1n) is 10.3. The molecule has 0 spiro atoms. The van der Waals surface area contributed by atoms with Gasteiger partial charge in [0.2, 0.25) is 0 Å². The van der Waals surface area contributed by atoms with Crippen LogP contribution in [-0.2, 0) is 12.6 Å². The van der Waals surface area contributed by atoms with Crippen LogP contribution in [0.3, 0.4) is 0 Å². The van der Waals surface area contributed by atoms with E-state index in [0.717, 1.165) is 61.7 Å². The fourth-order valence-electron chi connectivity index (χ4n) is 4.27. The Morgan fingerprint density at radius 3 is 2.27 bits per heavy atom. The maximum absolute atomic E-state index is 12.9. The average molecular weight is 457 g/mol. The SMILES string of the molecule is Cc1ccc(Cl)c(CCC2CCC(CC(=O)c3cc(C(F)(F)F)ccc3Cl)CC2)c1. The molecular weight excluding hydrogens is 432 g/mol. The van der Waals surface area contributed by atoms with Gasteiger partial charge in [-0.15, -0.1) is 0 Å². The van der Waals surface area contributed by atoms with E-state index in [0.29, 0.717) is 5.92 Å². The fraction of sp³-hybridized carbons (Fsp3) is 0.458. The Morgan fingerprint density at radius 2 is 1.60 bits per heavy atom. The third-order valence-electron chi connectivity index (χ3n) is 6.06. The second-order valence-corrected chi connectivity index (χ2v) is 9.15. The Morgan fingerprint density at radius 1 is 0.967 bits per heavy atom. The largest absolute Gasteiger partial charge is 0.416 e. The normalized spacial score (nSPS) is 19.7. The minimum Gasteiger partial charge on any atom is -0.294 e. The molecule has 0 N–H and O–H groups in total. The van der Waals surface area contributed by atoms with Crippen LogP contribution in [0.25, 0.3) is 0 Å². The number of Topliss-reactive ketones (excluding diaryl/α,β-unsaturated/α-hetero) is 1. The van der Waals surface area contributed by atoms with Gasteiger partial charge in [0.25, 0.3) is 0 Å². The second kappa shape index (κ2) is 9.74. The molecule has 2 aromatic rings. The summed E-state index contributed by atoms with van der Waals surface area (Å²) in [6.45, 7) is 2.05. The van der Waals surface area contributed by atoms with Gasteiger partial charge < -0.3 is 0 Å². The summed E-state index contributed by atoms with van der Waals surface area (Å²) in [5.41, 5.74) is 1.51. The molecule has 0 unspecified atom stereocenters. The predicted molar refractivity (Wildman–Crippen MR) is 115 cm³/mol. The van der Waals surface area contributed by atoms with E-state index in [2.05, 4.69) is 13.0 Å². The number of carbonyl (C=O) groups is 1. The van der Waals surface area contributed by atoms with Crippen LogP contribution < -0.4 is 0 Å². The van der Waals surface area contributed by atoms with E-state index in [1.54, 1.807) is 0 Å². The third-order valence-corrected chi connectivity index (χ3v) is 6.76. The second-order valence-electron chi connectivity index (χ2n) is 8.34. The zero-order chi connectivity index (χ0) is 21.9. The van der Waals surface area contributed by atoms with Gasteiger partial charge in [-0.3, -0.25) is 4.79 Å². The van der Waals surface area contributed by atoms with Crippen LogP contribution in [-0.4, -0.2) is 5.78 Å². The molecule has 0 saturated heterocycles. The Hall–Kier alpha value is -1.52. The van der Waals surface area contributed by atoms with Crippen molar-refractivity contribution in [3.63, 3.8) is 0 Å². The first-order chi connectivity index (χ1) is 14.1. The van der Waals surface area contributed by atoms with Crippen molar-refractivity contribution in [1.82, 2.24) is 0 Å². The highest BCUT2D eigenvalue weighted by atomic mass is 35.5. The van der Waals surface area contributed by atoms with E-state index >= 15 is 0 Å². The van der Waals surface area contributed by atoms with E-state index in [4.69, 9.17) is 23.2 Å². The van der Waals surface area contributed by atoms with E-state index < -0.39 is 11.7 Å². The molecular formula is C24H25Cl2F3O. The lowest BCUT2D eigenvalue weighted by Gasteiger charge is -2.28. The van der Waals surface area contributed by atoms with Crippen LogP contribution in [0.15, 0.2) is 36.4 Å². The van der Waals surface area contributed by atoms with Crippen molar-refractivity contribution < 1.29 is 18.0 Å². The summed E-state index contributed by atoms with van der Waals surface area (Å²) in [6.07, 6.45) is 1.63. The topological polar surface area (TPSA) is 17.1 Å². The van der Waals surface area contributed by atoms with Gasteiger partial charge in [0.05, 0.1) is 10.6 Å². The molecule has 0 radical (unpaired) electrons. The number of benzene rings is 2. The molecule has 1 saturated carbocycles. The molecule has 0 atom stereocenters. The van der Waals surface area contributed by atoms with Gasteiger partial charge in [-0.1, -0.05) is 53.7 Å². The number of aryl methyl sites for hydroxylation is 2. The summed E-state index contributed by atoms with van der Waals surface area (Å²) >= 11 is 12.3. The van der Waals surface area contributed by atoms with E-state index in [-0.39, 0.29) is 28.7 Å². The Bertz CT molecular complexity index is 900. The highest BCUT2D eigenvalue weighted by Gasteiger charge is 2.32. The highest BCUT2D eigenvalue weighted by molar-refractivity contribution is 6.34. The zero-order valence-electron chi connectivity index (χ0n) is 16.9. The van der Waals surface area contributed by atoms with Crippen molar-refractivity contribution in [2.75, 3.05) is 0 Å². The highest BCUT2D eigenvalue weighted by Crippen LogP contribution is 2.36. The van der Waals surface area contributed by atoms with Crippen molar-refractivity contribution in [3.8, 4) is 0 Å². The molecule has 30 heavy (non-hydrogen) atoms. The van der Waals surface area contributed by atoms with Crippen LogP contribution in [0.2, 0.25) is 10.0 Å². The number of hydrogen-bond donors (Lipinski definition) is 0. The van der Waals surface area contributed by atoms with Crippen molar-refractivity contribution >= 4 is 29.0 Å². The number of hydrogen-bond acceptors (Lipinski definition) is 1. The molecule has 1 aliphatic rings. The average Bonchev–Trinajstić information content (AvgIpc) is 2.69. The molecule has 1 fully saturated rings. The molecule has 3 rings (SSSR count). The standard InChI is InChI=1S/C24H25Cl2F3O/c1-15-2-10-21(25)18(12-15)8-7-16-3-5-17(6-4-16)13-23(30)20-14-19(24(27,28)29)9-11-22(20)26/h2,9-12,14,16-17H,3-8,13H2,1H3. The summed E-state index contributed by atoms with van der Waals surface area (Å²) in [5, 5.41) is 0.884. The van der Waals surface area contributed by atoms with Gasteiger partial charge in [0, 0.05) is 17.0 Å². The monoisotopic (exact) mass is 456 g/mol. The smallest absolute Gasteiger partial charge is 0.294 e. The van der Waals surface area contributed by atoms with Gasteiger partial charge >= 0.3 is 6.18 Å². The Labute approximate surface area is 185 Å². The van der Waals surface area contributed by atoms with Crippen molar-refractivity contribution in [2.24, 2.45) is 11.8 Å². The lowest BCUT2D eigenvalue weighted by molar-refractivity contribution is -0.137. The minimum atomic E-state index is -4.49. The molecule has 0 amide bonds. The Balaban J connectivity index is 1.52.